The lowest BCUT2D eigenvalue weighted by atomic mass is 10.1. The lowest BCUT2D eigenvalue weighted by molar-refractivity contribution is 0.0695. The molecule has 2 fully saturated rings. The van der Waals surface area contributed by atoms with Crippen LogP contribution in [0.1, 0.15) is 23.7 Å². The van der Waals surface area contributed by atoms with Gasteiger partial charge in [0, 0.05) is 45.0 Å². The third kappa shape index (κ3) is 2.48. The summed E-state index contributed by atoms with van der Waals surface area (Å²) < 4.78 is 16.4. The molecule has 2 aromatic rings. The van der Waals surface area contributed by atoms with Crippen molar-refractivity contribution in [3.8, 4) is 0 Å². The van der Waals surface area contributed by atoms with Crippen molar-refractivity contribution < 1.29 is 14.3 Å². The first-order valence-corrected chi connectivity index (χ1v) is 8.45. The maximum absolute atomic E-state index is 14.8. The van der Waals surface area contributed by atoms with E-state index in [1.54, 1.807) is 4.57 Å². The maximum atomic E-state index is 14.8. The first-order chi connectivity index (χ1) is 12.0. The molecule has 0 amide bonds. The number of hydrogen-bond acceptors (Lipinski definition) is 5. The second kappa shape index (κ2) is 5.80. The Labute approximate surface area is 143 Å². The number of nitrogens with zero attached hydrogens (tertiary/aromatic N) is 4. The van der Waals surface area contributed by atoms with Gasteiger partial charge in [-0.15, -0.1) is 0 Å². The van der Waals surface area contributed by atoms with Crippen LogP contribution in [0, 0.1) is 5.82 Å². The van der Waals surface area contributed by atoms with Crippen LogP contribution < -0.4 is 10.3 Å². The normalized spacial score (nSPS) is 22.6. The predicted octanol–water partition coefficient (Wildman–Crippen LogP) is 1.15. The highest BCUT2D eigenvalue weighted by atomic mass is 19.1. The van der Waals surface area contributed by atoms with Crippen LogP contribution in [0.2, 0.25) is 0 Å². The second-order valence-corrected chi connectivity index (χ2v) is 6.56. The first kappa shape index (κ1) is 16.0. The number of pyridine rings is 2. The molecule has 4 heterocycles. The fourth-order valence-electron chi connectivity index (χ4n) is 3.85. The Hall–Kier alpha value is -2.48. The fourth-order valence-corrected chi connectivity index (χ4v) is 3.85. The van der Waals surface area contributed by atoms with E-state index in [9.17, 15) is 19.1 Å². The van der Waals surface area contributed by atoms with Crippen molar-refractivity contribution >= 4 is 22.8 Å². The summed E-state index contributed by atoms with van der Waals surface area (Å²) in [4.78, 5) is 32.4. The average molecular weight is 346 g/mol. The number of aromatic carboxylic acids is 1. The van der Waals surface area contributed by atoms with Gasteiger partial charge in [0.1, 0.15) is 11.2 Å². The van der Waals surface area contributed by atoms with Gasteiger partial charge in [-0.3, -0.25) is 9.69 Å². The number of aromatic nitrogens is 2. The van der Waals surface area contributed by atoms with E-state index in [1.807, 2.05) is 11.8 Å². The van der Waals surface area contributed by atoms with E-state index in [4.69, 9.17) is 0 Å². The van der Waals surface area contributed by atoms with Crippen LogP contribution in [0.15, 0.2) is 17.1 Å². The SMILES string of the molecule is CCn1cc(C(=O)O)c(=O)c2cc(F)c(N3CCN4CCC3C4)nc21. The predicted molar refractivity (Wildman–Crippen MR) is 90.8 cm³/mol. The van der Waals surface area contributed by atoms with Crippen LogP contribution in [0.4, 0.5) is 10.2 Å². The average Bonchev–Trinajstić information content (AvgIpc) is 2.97. The van der Waals surface area contributed by atoms with E-state index in [0.29, 0.717) is 18.7 Å². The number of carboxylic acid groups (broad SMARTS) is 1. The number of aryl methyl sites for hydroxylation is 1. The molecule has 1 N–H and O–H groups in total. The number of rotatable bonds is 3. The van der Waals surface area contributed by atoms with Crippen molar-refractivity contribution in [3.63, 3.8) is 0 Å². The third-order valence-corrected chi connectivity index (χ3v) is 5.17. The van der Waals surface area contributed by atoms with Gasteiger partial charge < -0.3 is 14.6 Å². The molecule has 2 unspecified atom stereocenters. The minimum absolute atomic E-state index is 0.00746. The van der Waals surface area contributed by atoms with Crippen LogP contribution in [0.25, 0.3) is 11.0 Å². The van der Waals surface area contributed by atoms with Gasteiger partial charge >= 0.3 is 5.97 Å². The van der Waals surface area contributed by atoms with Crippen molar-refractivity contribution in [3.05, 3.63) is 33.9 Å². The molecule has 0 saturated carbocycles. The van der Waals surface area contributed by atoms with Gasteiger partial charge in [0.25, 0.3) is 0 Å². The third-order valence-electron chi connectivity index (χ3n) is 5.17. The minimum atomic E-state index is -1.32. The number of piperazine rings is 1. The highest BCUT2D eigenvalue weighted by Crippen LogP contribution is 2.29. The van der Waals surface area contributed by atoms with E-state index < -0.39 is 17.2 Å². The molecular formula is C17H19FN4O3. The first-order valence-electron chi connectivity index (χ1n) is 8.45. The molecule has 25 heavy (non-hydrogen) atoms. The summed E-state index contributed by atoms with van der Waals surface area (Å²) in [6.07, 6.45) is 2.26. The summed E-state index contributed by atoms with van der Waals surface area (Å²) in [5, 5.41) is 9.21. The largest absolute Gasteiger partial charge is 0.477 e. The van der Waals surface area contributed by atoms with Crippen molar-refractivity contribution in [2.75, 3.05) is 31.1 Å². The molecule has 2 saturated heterocycles. The Kier molecular flexibility index (Phi) is 3.72. The summed E-state index contributed by atoms with van der Waals surface area (Å²) >= 11 is 0. The smallest absolute Gasteiger partial charge is 0.341 e. The van der Waals surface area contributed by atoms with E-state index >= 15 is 0 Å². The Morgan fingerprint density at radius 2 is 2.20 bits per heavy atom. The Bertz CT molecular complexity index is 926. The zero-order valence-electron chi connectivity index (χ0n) is 13.9. The topological polar surface area (TPSA) is 78.7 Å². The van der Waals surface area contributed by atoms with Gasteiger partial charge in [0.15, 0.2) is 11.6 Å². The zero-order valence-corrected chi connectivity index (χ0v) is 13.9. The van der Waals surface area contributed by atoms with Gasteiger partial charge in [-0.05, 0) is 19.4 Å². The number of anilines is 1. The molecule has 2 atom stereocenters. The molecule has 2 aliphatic rings. The highest BCUT2D eigenvalue weighted by Gasteiger charge is 2.34. The number of fused-ring (bicyclic) bond motifs is 3. The summed E-state index contributed by atoms with van der Waals surface area (Å²) in [7, 11) is 0. The van der Waals surface area contributed by atoms with Gasteiger partial charge in [-0.2, -0.15) is 0 Å². The van der Waals surface area contributed by atoms with Gasteiger partial charge in [-0.25, -0.2) is 14.2 Å². The standard InChI is InChI=1S/C17H19FN4O3/c1-2-21-9-12(17(24)25)14(23)11-7-13(18)16(19-15(11)21)22-6-5-20-4-3-10(22)8-20/h7,9-10H,2-6,8H2,1H3,(H,24,25). The van der Waals surface area contributed by atoms with E-state index in [0.717, 1.165) is 32.1 Å². The van der Waals surface area contributed by atoms with Crippen LogP contribution in [0.5, 0.6) is 0 Å². The Balaban J connectivity index is 1.91. The molecular weight excluding hydrogens is 327 g/mol. The summed E-state index contributed by atoms with van der Waals surface area (Å²) in [5.74, 6) is -1.64. The monoisotopic (exact) mass is 346 g/mol. The Morgan fingerprint density at radius 1 is 1.40 bits per heavy atom. The van der Waals surface area contributed by atoms with Crippen molar-refractivity contribution in [2.24, 2.45) is 0 Å². The Morgan fingerprint density at radius 3 is 2.92 bits per heavy atom. The van der Waals surface area contributed by atoms with Crippen LogP contribution >= 0.6 is 0 Å². The van der Waals surface area contributed by atoms with E-state index in [1.165, 1.54) is 6.20 Å². The molecule has 2 aromatic heterocycles. The molecule has 4 rings (SSSR count). The van der Waals surface area contributed by atoms with Crippen molar-refractivity contribution in [2.45, 2.75) is 25.9 Å². The number of carboxylic acids is 1. The summed E-state index contributed by atoms with van der Waals surface area (Å²) in [5.41, 5.74) is -0.738. The summed E-state index contributed by atoms with van der Waals surface area (Å²) in [6.45, 7) is 5.75. The zero-order chi connectivity index (χ0) is 17.7. The second-order valence-electron chi connectivity index (χ2n) is 6.56. The number of carbonyl (C=O) groups is 1. The summed E-state index contributed by atoms with van der Waals surface area (Å²) in [6, 6.07) is 1.37. The lowest BCUT2D eigenvalue weighted by Crippen LogP contribution is -2.47. The molecule has 132 valence electrons. The molecule has 0 aromatic carbocycles. The van der Waals surface area contributed by atoms with E-state index in [2.05, 4.69) is 9.88 Å². The van der Waals surface area contributed by atoms with Crippen molar-refractivity contribution in [1.82, 2.24) is 14.5 Å². The molecule has 7 nitrogen and oxygen atoms in total. The minimum Gasteiger partial charge on any atom is -0.477 e. The maximum Gasteiger partial charge on any atom is 0.341 e. The molecule has 8 heteroatoms. The number of hydrogen-bond donors (Lipinski definition) is 1. The van der Waals surface area contributed by atoms with Crippen LogP contribution in [-0.2, 0) is 6.54 Å². The fraction of sp³-hybridized carbons (Fsp3) is 0.471. The van der Waals surface area contributed by atoms with Gasteiger partial charge in [0.2, 0.25) is 5.43 Å². The molecule has 2 aliphatic heterocycles. The molecule has 0 spiro atoms. The molecule has 0 aliphatic carbocycles. The van der Waals surface area contributed by atoms with Gasteiger partial charge in [-0.1, -0.05) is 0 Å². The quantitative estimate of drug-likeness (QED) is 0.898. The lowest BCUT2D eigenvalue weighted by Gasteiger charge is -2.35. The highest BCUT2D eigenvalue weighted by molar-refractivity contribution is 5.92. The van der Waals surface area contributed by atoms with Crippen LogP contribution in [0.3, 0.4) is 0 Å². The molecule has 2 bridgehead atoms. The van der Waals surface area contributed by atoms with Gasteiger partial charge in [0.05, 0.1) is 5.39 Å². The molecule has 0 radical (unpaired) electrons. The van der Waals surface area contributed by atoms with Crippen LogP contribution in [-0.4, -0.2) is 57.7 Å². The van der Waals surface area contributed by atoms with Crippen molar-refractivity contribution in [1.29, 1.82) is 0 Å². The van der Waals surface area contributed by atoms with E-state index in [-0.39, 0.29) is 22.8 Å². The number of halogens is 1.